The van der Waals surface area contributed by atoms with E-state index in [-0.39, 0.29) is 5.91 Å². The van der Waals surface area contributed by atoms with Crippen LogP contribution >= 0.6 is 22.7 Å². The average Bonchev–Trinajstić information content (AvgIpc) is 3.13. The number of hydrogen-bond donors (Lipinski definition) is 2. The summed E-state index contributed by atoms with van der Waals surface area (Å²) in [6, 6.07) is 3.88. The first-order valence-corrected chi connectivity index (χ1v) is 9.81. The predicted octanol–water partition coefficient (Wildman–Crippen LogP) is 4.22. The van der Waals surface area contributed by atoms with Crippen molar-refractivity contribution in [2.45, 2.75) is 38.5 Å². The third-order valence-electron chi connectivity index (χ3n) is 4.10. The molecular weight excluding hydrogens is 340 g/mol. The smallest absolute Gasteiger partial charge is 0.251 e. The Hall–Kier alpha value is -1.92. The topological polar surface area (TPSA) is 72.2 Å². The summed E-state index contributed by atoms with van der Waals surface area (Å²) in [7, 11) is 0. The Morgan fingerprint density at radius 2 is 1.96 bits per heavy atom. The van der Waals surface area contributed by atoms with Crippen LogP contribution in [-0.2, 0) is 17.6 Å². The van der Waals surface area contributed by atoms with E-state index in [0.29, 0.717) is 10.6 Å². The van der Waals surface area contributed by atoms with E-state index in [2.05, 4.69) is 5.32 Å². The molecular formula is C18H20N2O2S2. The number of carbonyl (C=O) groups is 2. The number of amides is 2. The number of nitrogens with one attached hydrogen (secondary N) is 1. The number of fused-ring (bicyclic) bond motifs is 1. The minimum atomic E-state index is -0.453. The van der Waals surface area contributed by atoms with Gasteiger partial charge in [-0.1, -0.05) is 18.9 Å². The Bertz CT molecular complexity index is 760. The first-order valence-electron chi connectivity index (χ1n) is 8.12. The van der Waals surface area contributed by atoms with Crippen LogP contribution in [0.3, 0.4) is 0 Å². The maximum atomic E-state index is 12.2. The first-order chi connectivity index (χ1) is 11.6. The number of primary amides is 1. The molecule has 0 unspecified atom stereocenters. The Morgan fingerprint density at radius 3 is 2.67 bits per heavy atom. The van der Waals surface area contributed by atoms with Gasteiger partial charge in [0, 0.05) is 15.8 Å². The van der Waals surface area contributed by atoms with Gasteiger partial charge in [0.2, 0.25) is 5.91 Å². The van der Waals surface area contributed by atoms with Crippen molar-refractivity contribution in [1.82, 2.24) is 0 Å². The lowest BCUT2D eigenvalue weighted by Crippen LogP contribution is -2.17. The van der Waals surface area contributed by atoms with Crippen LogP contribution in [0.2, 0.25) is 0 Å². The molecule has 0 saturated heterocycles. The Labute approximate surface area is 149 Å². The van der Waals surface area contributed by atoms with Gasteiger partial charge in [-0.2, -0.15) is 0 Å². The second kappa shape index (κ2) is 7.77. The Morgan fingerprint density at radius 1 is 1.17 bits per heavy atom. The molecule has 2 amide bonds. The fourth-order valence-electron chi connectivity index (χ4n) is 2.97. The molecule has 0 aromatic carbocycles. The van der Waals surface area contributed by atoms with E-state index in [9.17, 15) is 9.59 Å². The van der Waals surface area contributed by atoms with Gasteiger partial charge in [-0.05, 0) is 48.8 Å². The highest BCUT2D eigenvalue weighted by atomic mass is 32.1. The second-order valence-corrected chi connectivity index (χ2v) is 7.91. The molecule has 2 aromatic rings. The summed E-state index contributed by atoms with van der Waals surface area (Å²) < 4.78 is 0. The van der Waals surface area contributed by atoms with Gasteiger partial charge in [-0.25, -0.2) is 0 Å². The summed E-state index contributed by atoms with van der Waals surface area (Å²) >= 11 is 3.07. The lowest BCUT2D eigenvalue weighted by molar-refractivity contribution is -0.111. The van der Waals surface area contributed by atoms with E-state index in [1.54, 1.807) is 17.4 Å². The summed E-state index contributed by atoms with van der Waals surface area (Å²) in [5.41, 5.74) is 7.16. The zero-order chi connectivity index (χ0) is 16.9. The first kappa shape index (κ1) is 16.9. The van der Waals surface area contributed by atoms with Gasteiger partial charge in [0.05, 0.1) is 5.56 Å². The molecule has 0 radical (unpaired) electrons. The van der Waals surface area contributed by atoms with E-state index >= 15 is 0 Å². The SMILES string of the molecule is NC(=O)c1c(NC(=O)/C=C/c2cccs2)sc2c1CCCCCC2. The van der Waals surface area contributed by atoms with Crippen LogP contribution in [0.4, 0.5) is 5.00 Å². The molecule has 0 atom stereocenters. The molecule has 2 aromatic heterocycles. The van der Waals surface area contributed by atoms with Crippen molar-refractivity contribution in [2.75, 3.05) is 5.32 Å². The lowest BCUT2D eigenvalue weighted by atomic mass is 9.96. The van der Waals surface area contributed by atoms with Crippen molar-refractivity contribution in [3.63, 3.8) is 0 Å². The lowest BCUT2D eigenvalue weighted by Gasteiger charge is -2.10. The zero-order valence-corrected chi connectivity index (χ0v) is 15.0. The fourth-order valence-corrected chi connectivity index (χ4v) is 4.88. The van der Waals surface area contributed by atoms with Crippen molar-refractivity contribution in [1.29, 1.82) is 0 Å². The minimum absolute atomic E-state index is 0.236. The Kier molecular flexibility index (Phi) is 5.48. The molecule has 2 heterocycles. The highest BCUT2D eigenvalue weighted by Gasteiger charge is 2.23. The number of aryl methyl sites for hydroxylation is 1. The van der Waals surface area contributed by atoms with Gasteiger partial charge in [-0.15, -0.1) is 22.7 Å². The quantitative estimate of drug-likeness (QED) is 0.801. The summed E-state index contributed by atoms with van der Waals surface area (Å²) in [5, 5.41) is 5.40. The molecule has 0 spiro atoms. The van der Waals surface area contributed by atoms with Gasteiger partial charge >= 0.3 is 0 Å². The Balaban J connectivity index is 1.83. The molecule has 0 bridgehead atoms. The average molecular weight is 361 g/mol. The summed E-state index contributed by atoms with van der Waals surface area (Å²) in [6.45, 7) is 0. The van der Waals surface area contributed by atoms with Crippen molar-refractivity contribution in [3.8, 4) is 0 Å². The number of thiophene rings is 2. The zero-order valence-electron chi connectivity index (χ0n) is 13.3. The third kappa shape index (κ3) is 3.94. The maximum absolute atomic E-state index is 12.2. The normalized spacial score (nSPS) is 14.8. The van der Waals surface area contributed by atoms with Gasteiger partial charge in [0.25, 0.3) is 5.91 Å². The van der Waals surface area contributed by atoms with Crippen molar-refractivity contribution < 1.29 is 9.59 Å². The van der Waals surface area contributed by atoms with E-state index in [1.165, 1.54) is 35.1 Å². The van der Waals surface area contributed by atoms with Gasteiger partial charge in [0.1, 0.15) is 5.00 Å². The van der Waals surface area contributed by atoms with Crippen LogP contribution < -0.4 is 11.1 Å². The number of carbonyl (C=O) groups excluding carboxylic acids is 2. The molecule has 126 valence electrons. The van der Waals surface area contributed by atoms with Crippen molar-refractivity contribution >= 4 is 45.6 Å². The molecule has 0 fully saturated rings. The maximum Gasteiger partial charge on any atom is 0.251 e. The number of hydrogen-bond acceptors (Lipinski definition) is 4. The molecule has 3 N–H and O–H groups in total. The predicted molar refractivity (Wildman–Crippen MR) is 101 cm³/mol. The third-order valence-corrected chi connectivity index (χ3v) is 6.14. The standard InChI is InChI=1S/C18H20N2O2S2/c19-17(22)16-13-7-3-1-2-4-8-14(13)24-18(16)20-15(21)10-9-12-6-5-11-23-12/h5-6,9-11H,1-4,7-8H2,(H2,19,22)(H,20,21)/b10-9+. The highest BCUT2D eigenvalue weighted by Crippen LogP contribution is 2.36. The summed E-state index contributed by atoms with van der Waals surface area (Å²) in [5.74, 6) is -0.689. The molecule has 0 aliphatic heterocycles. The van der Waals surface area contributed by atoms with Gasteiger partial charge in [-0.3, -0.25) is 9.59 Å². The van der Waals surface area contributed by atoms with Gasteiger partial charge in [0.15, 0.2) is 0 Å². The van der Waals surface area contributed by atoms with Crippen LogP contribution in [0.15, 0.2) is 23.6 Å². The monoisotopic (exact) mass is 360 g/mol. The van der Waals surface area contributed by atoms with Crippen LogP contribution in [-0.4, -0.2) is 11.8 Å². The summed E-state index contributed by atoms with van der Waals surface area (Å²) in [4.78, 5) is 26.3. The molecule has 0 saturated carbocycles. The van der Waals surface area contributed by atoms with Crippen LogP contribution in [0.25, 0.3) is 6.08 Å². The van der Waals surface area contributed by atoms with Gasteiger partial charge < -0.3 is 11.1 Å². The van der Waals surface area contributed by atoms with E-state index in [4.69, 9.17) is 5.73 Å². The van der Waals surface area contributed by atoms with Crippen LogP contribution in [0, 0.1) is 0 Å². The molecule has 1 aliphatic rings. The second-order valence-electron chi connectivity index (χ2n) is 5.82. The van der Waals surface area contributed by atoms with E-state index in [1.807, 2.05) is 17.5 Å². The molecule has 24 heavy (non-hydrogen) atoms. The minimum Gasteiger partial charge on any atom is -0.365 e. The van der Waals surface area contributed by atoms with E-state index < -0.39 is 5.91 Å². The summed E-state index contributed by atoms with van der Waals surface area (Å²) in [6.07, 6.45) is 9.67. The fraction of sp³-hybridized carbons (Fsp3) is 0.333. The van der Waals surface area contributed by atoms with Crippen LogP contribution in [0.1, 0.15) is 51.4 Å². The van der Waals surface area contributed by atoms with Crippen molar-refractivity contribution in [3.05, 3.63) is 44.5 Å². The van der Waals surface area contributed by atoms with E-state index in [0.717, 1.165) is 36.1 Å². The van der Waals surface area contributed by atoms with Crippen LogP contribution in [0.5, 0.6) is 0 Å². The van der Waals surface area contributed by atoms with Crippen molar-refractivity contribution in [2.24, 2.45) is 5.73 Å². The number of nitrogens with two attached hydrogens (primary N) is 1. The highest BCUT2D eigenvalue weighted by molar-refractivity contribution is 7.17. The molecule has 4 nitrogen and oxygen atoms in total. The number of rotatable bonds is 4. The largest absolute Gasteiger partial charge is 0.365 e. The molecule has 6 heteroatoms. The molecule has 3 rings (SSSR count). The number of anilines is 1. The molecule has 1 aliphatic carbocycles.